The van der Waals surface area contributed by atoms with E-state index in [1.165, 1.54) is 98.2 Å². The van der Waals surface area contributed by atoms with Crippen molar-refractivity contribution in [3.05, 3.63) is 237 Å². The predicted molar refractivity (Wildman–Crippen MR) is 279 cm³/mol. The summed E-state index contributed by atoms with van der Waals surface area (Å²) < 4.78 is 4.78. The molecule has 0 saturated heterocycles. The molecule has 14 rings (SSSR count). The molecule has 11 aromatic carbocycles. The van der Waals surface area contributed by atoms with Gasteiger partial charge in [-0.05, 0) is 110 Å². The van der Waals surface area contributed by atoms with Crippen LogP contribution in [0.15, 0.2) is 237 Å². The highest BCUT2D eigenvalue weighted by Crippen LogP contribution is 2.46. The second-order valence-electron chi connectivity index (χ2n) is 17.4. The van der Waals surface area contributed by atoms with E-state index >= 15 is 0 Å². The van der Waals surface area contributed by atoms with Crippen LogP contribution in [0.1, 0.15) is 0 Å². The van der Waals surface area contributed by atoms with E-state index in [1.54, 1.807) is 0 Å². The van der Waals surface area contributed by atoms with E-state index in [0.29, 0.717) is 0 Å². The number of fused-ring (bicyclic) bond motifs is 11. The largest absolute Gasteiger partial charge is 0.309 e. The van der Waals surface area contributed by atoms with Crippen LogP contribution < -0.4 is 0 Å². The maximum absolute atomic E-state index is 5.39. The van der Waals surface area contributed by atoms with Gasteiger partial charge in [0, 0.05) is 49.3 Å². The number of aromatic nitrogens is 3. The maximum atomic E-state index is 5.39. The number of nitrogens with zero attached hydrogens (tertiary/aromatic N) is 3. The fraction of sp³-hybridized carbons (Fsp3) is 0. The zero-order valence-electron chi connectivity index (χ0n) is 35.9. The van der Waals surface area contributed by atoms with E-state index in [0.717, 1.165) is 33.5 Å². The van der Waals surface area contributed by atoms with Crippen molar-refractivity contribution < 1.29 is 0 Å². The van der Waals surface area contributed by atoms with Gasteiger partial charge in [-0.15, -0.1) is 0 Å². The molecule has 0 aliphatic carbocycles. The number of rotatable bonds is 5. The van der Waals surface area contributed by atoms with E-state index < -0.39 is 0 Å². The van der Waals surface area contributed by atoms with Crippen LogP contribution in [-0.2, 0) is 0 Å². The summed E-state index contributed by atoms with van der Waals surface area (Å²) >= 11 is 0. The Labute approximate surface area is 380 Å². The molecule has 3 aromatic heterocycles. The van der Waals surface area contributed by atoms with Crippen LogP contribution in [-0.4, -0.2) is 14.1 Å². The van der Waals surface area contributed by atoms with E-state index in [-0.39, 0.29) is 0 Å². The van der Waals surface area contributed by atoms with Crippen LogP contribution in [0.5, 0.6) is 0 Å². The van der Waals surface area contributed by atoms with Gasteiger partial charge in [-0.1, -0.05) is 176 Å². The van der Waals surface area contributed by atoms with Gasteiger partial charge in [0.05, 0.1) is 33.3 Å². The molecule has 3 heteroatoms. The molecule has 0 saturated carbocycles. The summed E-state index contributed by atoms with van der Waals surface area (Å²) in [7, 11) is 0. The average Bonchev–Trinajstić information content (AvgIpc) is 3.91. The van der Waals surface area contributed by atoms with Gasteiger partial charge in [0.15, 0.2) is 0 Å². The molecule has 0 amide bonds. The smallest absolute Gasteiger partial charge is 0.0787 e. The minimum Gasteiger partial charge on any atom is -0.309 e. The second kappa shape index (κ2) is 14.4. The third-order valence-electron chi connectivity index (χ3n) is 13.9. The van der Waals surface area contributed by atoms with Gasteiger partial charge in [0.1, 0.15) is 0 Å². The fourth-order valence-corrected chi connectivity index (χ4v) is 10.9. The zero-order valence-corrected chi connectivity index (χ0v) is 35.9. The number of hydrogen-bond acceptors (Lipinski definition) is 1. The van der Waals surface area contributed by atoms with Crippen LogP contribution in [0.25, 0.3) is 132 Å². The lowest BCUT2D eigenvalue weighted by Crippen LogP contribution is -1.96. The third kappa shape index (κ3) is 5.47. The summed E-state index contributed by atoms with van der Waals surface area (Å²) in [4.78, 5) is 5.39. The first kappa shape index (κ1) is 36.7. The zero-order chi connectivity index (χ0) is 43.3. The van der Waals surface area contributed by atoms with Gasteiger partial charge in [0.25, 0.3) is 0 Å². The normalized spacial score (nSPS) is 11.9. The Morgan fingerprint density at radius 3 is 1.15 bits per heavy atom. The lowest BCUT2D eigenvalue weighted by molar-refractivity contribution is 1.18. The van der Waals surface area contributed by atoms with Crippen LogP contribution >= 0.6 is 0 Å². The molecule has 0 bridgehead atoms. The standard InChI is InChI=1S/C63H39N3/c1-2-14-47-40(13-1)25-26-43-32-38-56(64-63(43)47)44-31-37-54-55(39-44)62(42-29-35-46(36-30-42)66-59-23-11-7-17-50(59)51-18-8-12-24-60(51)66)53-20-4-3-19-52(53)61(54)41-27-33-45(34-28-41)65-57-21-9-5-15-48(57)49-16-6-10-22-58(49)65/h1-39H. The molecule has 0 aliphatic heterocycles. The topological polar surface area (TPSA) is 22.8 Å². The SMILES string of the molecule is c1ccc2c(c1)ccc1ccc(-c3ccc4c(-c5ccc(-n6c7ccccc7c7ccccc76)cc5)c5ccccc5c(-c5ccc(-n6c7ccccc7c7ccccc76)cc5)c4c3)nc12. The summed E-state index contributed by atoms with van der Waals surface area (Å²) in [6.45, 7) is 0. The van der Waals surface area contributed by atoms with Crippen molar-refractivity contribution in [2.24, 2.45) is 0 Å². The van der Waals surface area contributed by atoms with Crippen molar-refractivity contribution >= 4 is 86.8 Å². The first-order valence-electron chi connectivity index (χ1n) is 22.7. The number of pyridine rings is 1. The monoisotopic (exact) mass is 837 g/mol. The van der Waals surface area contributed by atoms with E-state index in [1.807, 2.05) is 0 Å². The number of hydrogen-bond donors (Lipinski definition) is 0. The highest BCUT2D eigenvalue weighted by molar-refractivity contribution is 6.22. The van der Waals surface area contributed by atoms with E-state index in [2.05, 4.69) is 246 Å². The summed E-state index contributed by atoms with van der Waals surface area (Å²) in [5, 5.41) is 13.4. The molecule has 306 valence electrons. The second-order valence-corrected chi connectivity index (χ2v) is 17.4. The van der Waals surface area contributed by atoms with Crippen LogP contribution in [0, 0.1) is 0 Å². The first-order valence-corrected chi connectivity index (χ1v) is 22.7. The van der Waals surface area contributed by atoms with Gasteiger partial charge >= 0.3 is 0 Å². The molecule has 0 aliphatic rings. The molecule has 3 heterocycles. The van der Waals surface area contributed by atoms with Gasteiger partial charge < -0.3 is 9.13 Å². The summed E-state index contributed by atoms with van der Waals surface area (Å²) in [5.74, 6) is 0. The van der Waals surface area contributed by atoms with E-state index in [9.17, 15) is 0 Å². The van der Waals surface area contributed by atoms with Crippen molar-refractivity contribution in [3.63, 3.8) is 0 Å². The molecule has 0 fully saturated rings. The summed E-state index contributed by atoms with van der Waals surface area (Å²) in [5.41, 5.74) is 15.0. The van der Waals surface area contributed by atoms with Gasteiger partial charge in [0.2, 0.25) is 0 Å². The molecule has 0 N–H and O–H groups in total. The van der Waals surface area contributed by atoms with Crippen LogP contribution in [0.2, 0.25) is 0 Å². The maximum Gasteiger partial charge on any atom is 0.0787 e. The van der Waals surface area contributed by atoms with Gasteiger partial charge in [-0.2, -0.15) is 0 Å². The molecule has 66 heavy (non-hydrogen) atoms. The molecular weight excluding hydrogens is 799 g/mol. The van der Waals surface area contributed by atoms with Gasteiger partial charge in [-0.25, -0.2) is 4.98 Å². The quantitative estimate of drug-likeness (QED) is 0.125. The number of para-hydroxylation sites is 4. The van der Waals surface area contributed by atoms with Crippen molar-refractivity contribution in [2.45, 2.75) is 0 Å². The van der Waals surface area contributed by atoms with Crippen molar-refractivity contribution in [2.75, 3.05) is 0 Å². The average molecular weight is 838 g/mol. The molecule has 3 nitrogen and oxygen atoms in total. The lowest BCUT2D eigenvalue weighted by Gasteiger charge is -2.19. The Morgan fingerprint density at radius 1 is 0.258 bits per heavy atom. The molecule has 0 spiro atoms. The van der Waals surface area contributed by atoms with E-state index in [4.69, 9.17) is 4.98 Å². The summed E-state index contributed by atoms with van der Waals surface area (Å²) in [6.07, 6.45) is 0. The summed E-state index contributed by atoms with van der Waals surface area (Å²) in [6, 6.07) is 86.5. The lowest BCUT2D eigenvalue weighted by atomic mass is 9.85. The molecule has 0 atom stereocenters. The highest BCUT2D eigenvalue weighted by Gasteiger charge is 2.20. The molecule has 0 unspecified atom stereocenters. The minimum atomic E-state index is 0.957. The number of benzene rings is 11. The minimum absolute atomic E-state index is 0.957. The van der Waals surface area contributed by atoms with Crippen LogP contribution in [0.4, 0.5) is 0 Å². The molecular formula is C63H39N3. The van der Waals surface area contributed by atoms with Crippen molar-refractivity contribution in [1.29, 1.82) is 0 Å². The Kier molecular flexibility index (Phi) is 7.98. The van der Waals surface area contributed by atoms with Gasteiger partial charge in [-0.3, -0.25) is 0 Å². The van der Waals surface area contributed by atoms with Crippen molar-refractivity contribution in [1.82, 2.24) is 14.1 Å². The molecule has 0 radical (unpaired) electrons. The Morgan fingerprint density at radius 2 is 0.636 bits per heavy atom. The Balaban J connectivity index is 0.990. The predicted octanol–water partition coefficient (Wildman–Crippen LogP) is 16.9. The van der Waals surface area contributed by atoms with Crippen LogP contribution in [0.3, 0.4) is 0 Å². The van der Waals surface area contributed by atoms with Crippen molar-refractivity contribution in [3.8, 4) is 44.9 Å². The Bertz CT molecular complexity index is 4160. The molecule has 14 aromatic rings. The Hall–Kier alpha value is -8.79. The third-order valence-corrected chi connectivity index (χ3v) is 13.9. The fourth-order valence-electron chi connectivity index (χ4n) is 10.9. The highest BCUT2D eigenvalue weighted by atomic mass is 15.0. The first-order chi connectivity index (χ1) is 32.7.